The minimum absolute atomic E-state index is 0.0294. The van der Waals surface area contributed by atoms with Gasteiger partial charge in [0.25, 0.3) is 10.1 Å². The zero-order valence-corrected chi connectivity index (χ0v) is 13.6. The number of ether oxygens (including phenoxy) is 1. The van der Waals surface area contributed by atoms with E-state index in [1.165, 1.54) is 0 Å². The van der Waals surface area contributed by atoms with Gasteiger partial charge in [-0.05, 0) is 17.7 Å². The second-order valence-electron chi connectivity index (χ2n) is 5.39. The summed E-state index contributed by atoms with van der Waals surface area (Å²) in [6, 6.07) is 13.4. The Morgan fingerprint density at radius 1 is 1.26 bits per heavy atom. The molecule has 23 heavy (non-hydrogen) atoms. The molecule has 2 aromatic rings. The van der Waals surface area contributed by atoms with E-state index in [1.54, 1.807) is 6.20 Å². The van der Waals surface area contributed by atoms with Crippen LogP contribution in [0.5, 0.6) is 5.75 Å². The minimum Gasteiger partial charge on any atom is -0.487 e. The predicted octanol–water partition coefficient (Wildman–Crippen LogP) is 1.83. The van der Waals surface area contributed by atoms with Gasteiger partial charge < -0.3 is 9.64 Å². The van der Waals surface area contributed by atoms with Crippen molar-refractivity contribution in [1.82, 2.24) is 4.98 Å². The van der Waals surface area contributed by atoms with Gasteiger partial charge in [0.15, 0.2) is 11.6 Å². The molecule has 0 aliphatic carbocycles. The molecule has 0 bridgehead atoms. The maximum atomic E-state index is 11.3. The van der Waals surface area contributed by atoms with Crippen LogP contribution in [0.1, 0.15) is 5.56 Å². The summed E-state index contributed by atoms with van der Waals surface area (Å²) in [5, 5.41) is 0. The van der Waals surface area contributed by atoms with Gasteiger partial charge in [0.2, 0.25) is 0 Å². The van der Waals surface area contributed by atoms with Crippen LogP contribution < -0.4 is 9.64 Å². The van der Waals surface area contributed by atoms with Crippen molar-refractivity contribution in [2.75, 3.05) is 24.4 Å². The van der Waals surface area contributed by atoms with Gasteiger partial charge in [-0.15, -0.1) is 0 Å². The Labute approximate surface area is 135 Å². The summed E-state index contributed by atoms with van der Waals surface area (Å²) in [7, 11) is -3.50. The van der Waals surface area contributed by atoms with Crippen molar-refractivity contribution in [2.45, 2.75) is 12.6 Å². The van der Waals surface area contributed by atoms with Crippen LogP contribution in [-0.4, -0.2) is 38.9 Å². The maximum absolute atomic E-state index is 11.3. The zero-order chi connectivity index (χ0) is 16.3. The van der Waals surface area contributed by atoms with Crippen LogP contribution in [0.4, 0.5) is 5.82 Å². The molecule has 0 N–H and O–H groups in total. The van der Waals surface area contributed by atoms with Crippen molar-refractivity contribution >= 4 is 15.9 Å². The summed E-state index contributed by atoms with van der Waals surface area (Å²) in [4.78, 5) is 6.41. The van der Waals surface area contributed by atoms with E-state index in [-0.39, 0.29) is 12.6 Å². The first-order valence-corrected chi connectivity index (χ1v) is 9.07. The highest BCUT2D eigenvalue weighted by atomic mass is 32.2. The predicted molar refractivity (Wildman–Crippen MR) is 86.9 cm³/mol. The molecule has 6 nitrogen and oxygen atoms in total. The average Bonchev–Trinajstić information content (AvgIpc) is 2.54. The Hall–Kier alpha value is -2.12. The van der Waals surface area contributed by atoms with Gasteiger partial charge in [-0.25, -0.2) is 4.98 Å². The second-order valence-corrected chi connectivity index (χ2v) is 7.04. The van der Waals surface area contributed by atoms with E-state index >= 15 is 0 Å². The summed E-state index contributed by atoms with van der Waals surface area (Å²) < 4.78 is 33.2. The fourth-order valence-corrected chi connectivity index (χ4v) is 2.89. The van der Waals surface area contributed by atoms with Crippen molar-refractivity contribution in [2.24, 2.45) is 0 Å². The molecule has 0 amide bonds. The minimum atomic E-state index is -3.50. The molecule has 0 fully saturated rings. The third-order valence-corrected chi connectivity index (χ3v) is 4.13. The fraction of sp³-hybridized carbons (Fsp3) is 0.312. The van der Waals surface area contributed by atoms with Crippen molar-refractivity contribution in [1.29, 1.82) is 0 Å². The normalized spacial score (nSPS) is 17.4. The lowest BCUT2D eigenvalue weighted by Crippen LogP contribution is -2.46. The van der Waals surface area contributed by atoms with E-state index in [0.717, 1.165) is 11.8 Å². The van der Waals surface area contributed by atoms with Crippen LogP contribution in [0.2, 0.25) is 0 Å². The smallest absolute Gasteiger partial charge is 0.264 e. The quantitative estimate of drug-likeness (QED) is 0.777. The molecule has 1 aromatic heterocycles. The monoisotopic (exact) mass is 334 g/mol. The Kier molecular flexibility index (Phi) is 4.49. The van der Waals surface area contributed by atoms with Gasteiger partial charge in [0.05, 0.1) is 18.9 Å². The van der Waals surface area contributed by atoms with Crippen LogP contribution in [0.15, 0.2) is 48.7 Å². The molecular formula is C16H18N2O4S. The lowest BCUT2D eigenvalue weighted by Gasteiger charge is -2.37. The van der Waals surface area contributed by atoms with Crippen LogP contribution in [0, 0.1) is 0 Å². The van der Waals surface area contributed by atoms with Crippen LogP contribution in [0.3, 0.4) is 0 Å². The van der Waals surface area contributed by atoms with Gasteiger partial charge in [0, 0.05) is 12.7 Å². The number of hydrogen-bond donors (Lipinski definition) is 0. The second kappa shape index (κ2) is 6.55. The van der Waals surface area contributed by atoms with Crippen LogP contribution in [0.25, 0.3) is 0 Å². The van der Waals surface area contributed by atoms with Crippen molar-refractivity contribution < 1.29 is 17.3 Å². The van der Waals surface area contributed by atoms with Crippen LogP contribution in [-0.2, 0) is 20.8 Å². The Bertz CT molecular complexity index is 765. The largest absolute Gasteiger partial charge is 0.487 e. The standard InChI is InChI=1S/C16H18N2O4S/c1-23(19,20)22-12-14-11-21-15-8-5-9-17-16(15)18(14)10-13-6-3-2-4-7-13/h2-9,14H,10-12H2,1H3. The van der Waals surface area contributed by atoms with E-state index in [0.29, 0.717) is 24.7 Å². The fourth-order valence-electron chi connectivity index (χ4n) is 2.48. The summed E-state index contributed by atoms with van der Waals surface area (Å²) >= 11 is 0. The van der Waals surface area contributed by atoms with Crippen molar-refractivity contribution in [3.05, 3.63) is 54.2 Å². The number of fused-ring (bicyclic) bond motifs is 1. The van der Waals surface area contributed by atoms with E-state index in [1.807, 2.05) is 47.4 Å². The van der Waals surface area contributed by atoms with E-state index in [2.05, 4.69) is 4.98 Å². The number of rotatable bonds is 5. The lowest BCUT2D eigenvalue weighted by molar-refractivity contribution is 0.201. The molecule has 1 atom stereocenters. The number of hydrogen-bond acceptors (Lipinski definition) is 6. The summed E-state index contributed by atoms with van der Waals surface area (Å²) in [5.74, 6) is 1.39. The third kappa shape index (κ3) is 4.00. The Morgan fingerprint density at radius 2 is 2.04 bits per heavy atom. The third-order valence-electron chi connectivity index (χ3n) is 3.57. The van der Waals surface area contributed by atoms with Crippen molar-refractivity contribution in [3.63, 3.8) is 0 Å². The Balaban J connectivity index is 1.87. The zero-order valence-electron chi connectivity index (χ0n) is 12.8. The van der Waals surface area contributed by atoms with E-state index in [9.17, 15) is 8.42 Å². The van der Waals surface area contributed by atoms with E-state index < -0.39 is 10.1 Å². The molecule has 1 unspecified atom stereocenters. The molecule has 7 heteroatoms. The molecule has 0 radical (unpaired) electrons. The number of benzene rings is 1. The number of aromatic nitrogens is 1. The van der Waals surface area contributed by atoms with Gasteiger partial charge in [0.1, 0.15) is 6.61 Å². The number of pyridine rings is 1. The molecule has 122 valence electrons. The molecule has 1 aromatic carbocycles. The summed E-state index contributed by atoms with van der Waals surface area (Å²) in [6.45, 7) is 0.981. The first-order chi connectivity index (χ1) is 11.0. The topological polar surface area (TPSA) is 68.7 Å². The van der Waals surface area contributed by atoms with Gasteiger partial charge >= 0.3 is 0 Å². The highest BCUT2D eigenvalue weighted by Gasteiger charge is 2.29. The summed E-state index contributed by atoms with van der Waals surface area (Å²) in [6.07, 6.45) is 2.74. The Morgan fingerprint density at radius 3 is 2.78 bits per heavy atom. The van der Waals surface area contributed by atoms with Gasteiger partial charge in [-0.2, -0.15) is 8.42 Å². The molecule has 1 aliphatic heterocycles. The molecule has 3 rings (SSSR count). The molecule has 0 spiro atoms. The molecule has 1 aliphatic rings. The molecule has 2 heterocycles. The van der Waals surface area contributed by atoms with Gasteiger partial charge in [-0.3, -0.25) is 4.18 Å². The van der Waals surface area contributed by atoms with Crippen LogP contribution >= 0.6 is 0 Å². The maximum Gasteiger partial charge on any atom is 0.264 e. The first-order valence-electron chi connectivity index (χ1n) is 7.26. The average molecular weight is 334 g/mol. The van der Waals surface area contributed by atoms with Crippen molar-refractivity contribution in [3.8, 4) is 5.75 Å². The lowest BCUT2D eigenvalue weighted by atomic mass is 10.1. The summed E-state index contributed by atoms with van der Waals surface area (Å²) in [5.41, 5.74) is 1.11. The highest BCUT2D eigenvalue weighted by Crippen LogP contribution is 2.32. The first kappa shape index (κ1) is 15.8. The van der Waals surface area contributed by atoms with Gasteiger partial charge in [-0.1, -0.05) is 30.3 Å². The van der Waals surface area contributed by atoms with E-state index in [4.69, 9.17) is 8.92 Å². The SMILES string of the molecule is CS(=O)(=O)OCC1COc2cccnc2N1Cc1ccccc1. The molecular weight excluding hydrogens is 316 g/mol. The number of nitrogens with zero attached hydrogens (tertiary/aromatic N) is 2. The highest BCUT2D eigenvalue weighted by molar-refractivity contribution is 7.85. The number of anilines is 1. The molecule has 0 saturated heterocycles. The molecule has 0 saturated carbocycles.